The van der Waals surface area contributed by atoms with Crippen molar-refractivity contribution in [2.45, 2.75) is 69.5 Å². The number of nitrogens with one attached hydrogen (secondary N) is 2. The van der Waals surface area contributed by atoms with Crippen LogP contribution in [0.1, 0.15) is 72.1 Å². The molecule has 244 valence electrons. The maximum absolute atomic E-state index is 14.4. The molecule has 0 aliphatic rings. The van der Waals surface area contributed by atoms with E-state index in [9.17, 15) is 24.0 Å². The van der Waals surface area contributed by atoms with Crippen molar-refractivity contribution in [3.8, 4) is 0 Å². The lowest BCUT2D eigenvalue weighted by Crippen LogP contribution is -2.59. The summed E-state index contributed by atoms with van der Waals surface area (Å²) in [4.78, 5) is 72.1. The summed E-state index contributed by atoms with van der Waals surface area (Å²) in [7, 11) is 0. The van der Waals surface area contributed by atoms with Crippen molar-refractivity contribution < 1.29 is 24.0 Å². The van der Waals surface area contributed by atoms with Crippen LogP contribution < -0.4 is 33.6 Å². The van der Waals surface area contributed by atoms with Gasteiger partial charge in [0.25, 0.3) is 17.7 Å². The van der Waals surface area contributed by atoms with Crippen molar-refractivity contribution in [2.75, 3.05) is 19.6 Å². The number of imide groups is 1. The van der Waals surface area contributed by atoms with Gasteiger partial charge in [-0.15, -0.1) is 0 Å². The number of nitrogens with zero attached hydrogens (tertiary/aromatic N) is 2. The van der Waals surface area contributed by atoms with Crippen molar-refractivity contribution in [2.24, 2.45) is 27.9 Å². The lowest BCUT2D eigenvalue weighted by molar-refractivity contribution is -0.139. The number of amides is 4. The maximum atomic E-state index is 14.4. The highest BCUT2D eigenvalue weighted by molar-refractivity contribution is 6.10. The second-order valence-electron chi connectivity index (χ2n) is 10.6. The standard InChI is InChI=1S/C32H46N8O5/c33-19-9-7-17-26(39-28(42)23-12-3-1-4-13-23)31(45)40(30(44)24-14-5-2-6-15-24)27(18-8-10-20-34)29(43)38-25(22-41)16-11-21-37-32(35)36/h1-6,12-15,22,25-27H,7-11,16-21,33-34H2,(H,38,43)(H,39,42)(H4,35,36,37)/t25-,26-,27-/m0/s1. The zero-order valence-corrected chi connectivity index (χ0v) is 25.6. The van der Waals surface area contributed by atoms with Gasteiger partial charge in [0, 0.05) is 17.7 Å². The number of nitrogens with two attached hydrogens (primary N) is 4. The van der Waals surface area contributed by atoms with Gasteiger partial charge in [0.05, 0.1) is 6.04 Å². The number of carbonyl (C=O) groups is 5. The molecule has 0 saturated carbocycles. The highest BCUT2D eigenvalue weighted by Gasteiger charge is 2.39. The van der Waals surface area contributed by atoms with Crippen LogP contribution in [0.3, 0.4) is 0 Å². The number of aliphatic imine (C=N–C) groups is 1. The highest BCUT2D eigenvalue weighted by Crippen LogP contribution is 2.19. The second kappa shape index (κ2) is 20.4. The van der Waals surface area contributed by atoms with Crippen LogP contribution in [0.5, 0.6) is 0 Å². The van der Waals surface area contributed by atoms with Crippen LogP contribution in [0.2, 0.25) is 0 Å². The maximum Gasteiger partial charge on any atom is 0.261 e. The zero-order valence-electron chi connectivity index (χ0n) is 25.6. The SMILES string of the molecule is NCCCC[C@H](NC(=O)c1ccccc1)C(=O)N(C(=O)c1ccccc1)[C@@H](CCCCN)C(=O)N[C@H](C=O)CCCN=C(N)N. The van der Waals surface area contributed by atoms with Crippen molar-refractivity contribution in [1.29, 1.82) is 0 Å². The van der Waals surface area contributed by atoms with Crippen molar-refractivity contribution in [1.82, 2.24) is 15.5 Å². The molecule has 0 spiro atoms. The van der Waals surface area contributed by atoms with E-state index in [4.69, 9.17) is 22.9 Å². The molecule has 2 aromatic rings. The Labute approximate surface area is 264 Å². The van der Waals surface area contributed by atoms with Gasteiger partial charge in [0.2, 0.25) is 5.91 Å². The number of rotatable bonds is 20. The number of hydrogen-bond acceptors (Lipinski definition) is 8. The Hall–Kier alpha value is -4.62. The van der Waals surface area contributed by atoms with E-state index >= 15 is 0 Å². The minimum atomic E-state index is -1.29. The number of hydrogen-bond donors (Lipinski definition) is 6. The van der Waals surface area contributed by atoms with Crippen molar-refractivity contribution in [3.63, 3.8) is 0 Å². The summed E-state index contributed by atoms with van der Waals surface area (Å²) in [5.41, 5.74) is 22.6. The van der Waals surface area contributed by atoms with Gasteiger partial charge in [0.15, 0.2) is 5.96 Å². The average Bonchev–Trinajstić information content (AvgIpc) is 3.05. The van der Waals surface area contributed by atoms with Crippen LogP contribution in [-0.2, 0) is 14.4 Å². The Balaban J connectivity index is 2.49. The van der Waals surface area contributed by atoms with E-state index in [1.165, 1.54) is 0 Å². The molecule has 0 saturated heterocycles. The molecule has 2 aromatic carbocycles. The molecule has 4 amide bonds. The number of aldehydes is 1. The Kier molecular flexibility index (Phi) is 16.5. The molecule has 13 nitrogen and oxygen atoms in total. The molecule has 0 aliphatic heterocycles. The van der Waals surface area contributed by atoms with Crippen LogP contribution in [-0.4, -0.2) is 78.5 Å². The molecule has 0 heterocycles. The predicted octanol–water partition coefficient (Wildman–Crippen LogP) is 0.818. The molecule has 0 bridgehead atoms. The van der Waals surface area contributed by atoms with E-state index in [1.54, 1.807) is 60.7 Å². The highest BCUT2D eigenvalue weighted by atomic mass is 16.2. The van der Waals surface area contributed by atoms with E-state index in [0.29, 0.717) is 57.0 Å². The van der Waals surface area contributed by atoms with Crippen LogP contribution >= 0.6 is 0 Å². The largest absolute Gasteiger partial charge is 0.370 e. The first kappa shape index (κ1) is 36.6. The van der Waals surface area contributed by atoms with Crippen LogP contribution in [0, 0.1) is 0 Å². The van der Waals surface area contributed by atoms with E-state index in [1.807, 2.05) is 0 Å². The predicted molar refractivity (Wildman–Crippen MR) is 173 cm³/mol. The fourth-order valence-corrected chi connectivity index (χ4v) is 4.70. The van der Waals surface area contributed by atoms with Crippen molar-refractivity contribution >= 4 is 35.9 Å². The smallest absolute Gasteiger partial charge is 0.261 e. The normalized spacial score (nSPS) is 12.7. The number of carbonyl (C=O) groups excluding carboxylic acids is 5. The Bertz CT molecular complexity index is 1250. The first-order valence-corrected chi connectivity index (χ1v) is 15.2. The monoisotopic (exact) mass is 622 g/mol. The minimum Gasteiger partial charge on any atom is -0.370 e. The van der Waals surface area contributed by atoms with Crippen LogP contribution in [0.25, 0.3) is 0 Å². The lowest BCUT2D eigenvalue weighted by Gasteiger charge is -2.33. The Morgan fingerprint density at radius 3 is 1.89 bits per heavy atom. The van der Waals surface area contributed by atoms with Gasteiger partial charge in [-0.1, -0.05) is 36.4 Å². The molecule has 2 rings (SSSR count). The van der Waals surface area contributed by atoms with Crippen LogP contribution in [0.4, 0.5) is 0 Å². The number of unbranched alkanes of at least 4 members (excludes halogenated alkanes) is 2. The van der Waals surface area contributed by atoms with Gasteiger partial charge in [-0.2, -0.15) is 0 Å². The second-order valence-corrected chi connectivity index (χ2v) is 10.6. The fourth-order valence-electron chi connectivity index (χ4n) is 4.70. The third-order valence-corrected chi connectivity index (χ3v) is 7.07. The molecule has 3 atom stereocenters. The molecule has 0 aliphatic carbocycles. The molecular formula is C32H46N8O5. The molecule has 45 heavy (non-hydrogen) atoms. The van der Waals surface area contributed by atoms with E-state index in [-0.39, 0.29) is 37.3 Å². The molecule has 0 aromatic heterocycles. The summed E-state index contributed by atoms with van der Waals surface area (Å²) in [6, 6.07) is 13.1. The molecule has 0 unspecified atom stereocenters. The van der Waals surface area contributed by atoms with E-state index < -0.39 is 41.8 Å². The third-order valence-electron chi connectivity index (χ3n) is 7.07. The first-order chi connectivity index (χ1) is 21.7. The quantitative estimate of drug-likeness (QED) is 0.0530. The third kappa shape index (κ3) is 12.5. The van der Waals surface area contributed by atoms with Gasteiger partial charge in [0.1, 0.15) is 18.4 Å². The Morgan fingerprint density at radius 2 is 1.33 bits per heavy atom. The molecule has 10 N–H and O–H groups in total. The molecule has 0 fully saturated rings. The summed E-state index contributed by atoms with van der Waals surface area (Å²) in [6.07, 6.45) is 3.53. The summed E-state index contributed by atoms with van der Waals surface area (Å²) in [6.45, 7) is 0.970. The zero-order chi connectivity index (χ0) is 33.0. The number of benzene rings is 2. The fraction of sp³-hybridized carbons (Fsp3) is 0.438. The number of guanidine groups is 1. The topological polar surface area (TPSA) is 229 Å². The first-order valence-electron chi connectivity index (χ1n) is 15.2. The van der Waals surface area contributed by atoms with Gasteiger partial charge in [-0.3, -0.25) is 29.1 Å². The summed E-state index contributed by atoms with van der Waals surface area (Å²) in [5.74, 6) is -2.72. The molecule has 13 heteroatoms. The molecular weight excluding hydrogens is 576 g/mol. The van der Waals surface area contributed by atoms with Gasteiger partial charge < -0.3 is 38.4 Å². The van der Waals surface area contributed by atoms with Crippen molar-refractivity contribution in [3.05, 3.63) is 71.8 Å². The summed E-state index contributed by atoms with van der Waals surface area (Å²) in [5, 5.41) is 5.45. The lowest BCUT2D eigenvalue weighted by atomic mass is 10.0. The van der Waals surface area contributed by atoms with Gasteiger partial charge in [-0.05, 0) is 88.7 Å². The van der Waals surface area contributed by atoms with Gasteiger partial charge in [-0.25, -0.2) is 0 Å². The van der Waals surface area contributed by atoms with E-state index in [2.05, 4.69) is 15.6 Å². The van der Waals surface area contributed by atoms with Gasteiger partial charge >= 0.3 is 0 Å². The average molecular weight is 623 g/mol. The molecule has 0 radical (unpaired) electrons. The minimum absolute atomic E-state index is 0.0874. The van der Waals surface area contributed by atoms with Crippen LogP contribution in [0.15, 0.2) is 65.7 Å². The summed E-state index contributed by atoms with van der Waals surface area (Å²) >= 11 is 0. The summed E-state index contributed by atoms with van der Waals surface area (Å²) < 4.78 is 0. The van der Waals surface area contributed by atoms with E-state index in [0.717, 1.165) is 4.90 Å². The Morgan fingerprint density at radius 1 is 0.756 bits per heavy atom.